The summed E-state index contributed by atoms with van der Waals surface area (Å²) < 4.78 is 0. The van der Waals surface area contributed by atoms with Gasteiger partial charge in [0.2, 0.25) is 0 Å². The predicted molar refractivity (Wildman–Crippen MR) is 53.2 cm³/mol. The lowest BCUT2D eigenvalue weighted by atomic mass is 10.1. The third-order valence-corrected chi connectivity index (χ3v) is 2.05. The summed E-state index contributed by atoms with van der Waals surface area (Å²) >= 11 is 0. The van der Waals surface area contributed by atoms with Gasteiger partial charge in [0.1, 0.15) is 5.78 Å². The number of unbranched alkanes of at least 4 members (excludes halogenated alkanes) is 4. The third kappa shape index (κ3) is 9.07. The molecular weight excluding hydrogens is 162 g/mol. The van der Waals surface area contributed by atoms with E-state index in [0.29, 0.717) is 18.6 Å². The van der Waals surface area contributed by atoms with E-state index in [1.807, 2.05) is 0 Å². The standard InChI is InChI=1S/C11H19NO/c1-2-3-5-8-11(13)9-6-4-7-10-12/h2-9H2,1H3. The summed E-state index contributed by atoms with van der Waals surface area (Å²) in [4.78, 5) is 11.2. The summed E-state index contributed by atoms with van der Waals surface area (Å²) in [5.41, 5.74) is 0. The van der Waals surface area contributed by atoms with E-state index in [4.69, 9.17) is 5.26 Å². The second-order valence-electron chi connectivity index (χ2n) is 3.36. The van der Waals surface area contributed by atoms with Crippen LogP contribution < -0.4 is 0 Å². The molecule has 0 unspecified atom stereocenters. The number of rotatable bonds is 8. The van der Waals surface area contributed by atoms with Gasteiger partial charge in [0.15, 0.2) is 0 Å². The first-order chi connectivity index (χ1) is 6.31. The van der Waals surface area contributed by atoms with Gasteiger partial charge >= 0.3 is 0 Å². The summed E-state index contributed by atoms with van der Waals surface area (Å²) in [5.74, 6) is 0.367. The Labute approximate surface area is 80.9 Å². The van der Waals surface area contributed by atoms with Crippen molar-refractivity contribution in [2.45, 2.75) is 58.3 Å². The lowest BCUT2D eigenvalue weighted by Gasteiger charge is -1.98. The monoisotopic (exact) mass is 181 g/mol. The SMILES string of the molecule is CCCCCC(=O)CCCCC#N. The summed E-state index contributed by atoms with van der Waals surface area (Å²) in [6.07, 6.45) is 7.11. The molecule has 0 fully saturated rings. The summed E-state index contributed by atoms with van der Waals surface area (Å²) in [5, 5.41) is 8.27. The highest BCUT2D eigenvalue weighted by Crippen LogP contribution is 2.06. The molecule has 0 aliphatic rings. The Balaban J connectivity index is 3.16. The summed E-state index contributed by atoms with van der Waals surface area (Å²) in [6, 6.07) is 2.08. The highest BCUT2D eigenvalue weighted by atomic mass is 16.1. The molecule has 74 valence electrons. The Morgan fingerprint density at radius 1 is 1.15 bits per heavy atom. The molecule has 0 aromatic carbocycles. The number of nitriles is 1. The Hall–Kier alpha value is -0.840. The molecule has 0 atom stereocenters. The molecule has 0 aliphatic carbocycles. The van der Waals surface area contributed by atoms with Gasteiger partial charge in [0.25, 0.3) is 0 Å². The van der Waals surface area contributed by atoms with Crippen LogP contribution in [-0.4, -0.2) is 5.78 Å². The van der Waals surface area contributed by atoms with Gasteiger partial charge in [0, 0.05) is 19.3 Å². The van der Waals surface area contributed by atoms with Crippen molar-refractivity contribution in [1.29, 1.82) is 5.26 Å². The van der Waals surface area contributed by atoms with Crippen LogP contribution in [0.15, 0.2) is 0 Å². The molecule has 0 aromatic rings. The molecule has 0 spiro atoms. The molecule has 0 heterocycles. The number of nitrogens with zero attached hydrogens (tertiary/aromatic N) is 1. The lowest BCUT2D eigenvalue weighted by molar-refractivity contribution is -0.119. The van der Waals surface area contributed by atoms with Crippen LogP contribution in [0.5, 0.6) is 0 Å². The average molecular weight is 181 g/mol. The molecule has 13 heavy (non-hydrogen) atoms. The van der Waals surface area contributed by atoms with Gasteiger partial charge in [-0.25, -0.2) is 0 Å². The van der Waals surface area contributed by atoms with E-state index in [0.717, 1.165) is 32.1 Å². The van der Waals surface area contributed by atoms with Gasteiger partial charge in [-0.05, 0) is 19.3 Å². The minimum Gasteiger partial charge on any atom is -0.300 e. The highest BCUT2D eigenvalue weighted by molar-refractivity contribution is 5.78. The topological polar surface area (TPSA) is 40.9 Å². The second kappa shape index (κ2) is 9.25. The molecule has 0 rings (SSSR count). The maximum Gasteiger partial charge on any atom is 0.132 e. The first-order valence-corrected chi connectivity index (χ1v) is 5.20. The Kier molecular flexibility index (Phi) is 8.65. The zero-order chi connectivity index (χ0) is 9.94. The van der Waals surface area contributed by atoms with Crippen LogP contribution in [0.2, 0.25) is 0 Å². The number of carbonyl (C=O) groups is 1. The van der Waals surface area contributed by atoms with Crippen LogP contribution in [0.4, 0.5) is 0 Å². The van der Waals surface area contributed by atoms with Crippen molar-refractivity contribution in [3.63, 3.8) is 0 Å². The molecule has 0 aromatic heterocycles. The second-order valence-corrected chi connectivity index (χ2v) is 3.36. The van der Waals surface area contributed by atoms with Crippen molar-refractivity contribution in [1.82, 2.24) is 0 Å². The Bertz CT molecular complexity index is 169. The van der Waals surface area contributed by atoms with E-state index in [9.17, 15) is 4.79 Å². The molecular formula is C11H19NO. The smallest absolute Gasteiger partial charge is 0.132 e. The van der Waals surface area contributed by atoms with E-state index < -0.39 is 0 Å². The van der Waals surface area contributed by atoms with Crippen molar-refractivity contribution in [2.24, 2.45) is 0 Å². The van der Waals surface area contributed by atoms with Gasteiger partial charge in [-0.1, -0.05) is 19.8 Å². The first-order valence-electron chi connectivity index (χ1n) is 5.20. The first kappa shape index (κ1) is 12.2. The molecule has 0 saturated heterocycles. The zero-order valence-electron chi connectivity index (χ0n) is 8.51. The molecule has 0 bridgehead atoms. The lowest BCUT2D eigenvalue weighted by Crippen LogP contribution is -1.97. The minimum atomic E-state index is 0.367. The van der Waals surface area contributed by atoms with Crippen LogP contribution in [0, 0.1) is 11.3 Å². The van der Waals surface area contributed by atoms with Gasteiger partial charge < -0.3 is 0 Å². The number of carbonyl (C=O) groups excluding carboxylic acids is 1. The predicted octanol–water partition coefficient (Wildman–Crippen LogP) is 3.22. The average Bonchev–Trinajstić information content (AvgIpc) is 2.13. The van der Waals surface area contributed by atoms with E-state index >= 15 is 0 Å². The van der Waals surface area contributed by atoms with Crippen molar-refractivity contribution in [3.05, 3.63) is 0 Å². The van der Waals surface area contributed by atoms with Crippen molar-refractivity contribution < 1.29 is 4.79 Å². The molecule has 2 nitrogen and oxygen atoms in total. The maximum absolute atomic E-state index is 11.2. The maximum atomic E-state index is 11.2. The van der Waals surface area contributed by atoms with Crippen LogP contribution >= 0.6 is 0 Å². The molecule has 2 heteroatoms. The van der Waals surface area contributed by atoms with Gasteiger partial charge in [-0.15, -0.1) is 0 Å². The van der Waals surface area contributed by atoms with Crippen LogP contribution in [-0.2, 0) is 4.79 Å². The van der Waals surface area contributed by atoms with E-state index in [-0.39, 0.29) is 0 Å². The number of Topliss-reactive ketones (excluding diaryl/α,β-unsaturated/α-hetero) is 1. The molecule has 0 amide bonds. The van der Waals surface area contributed by atoms with Crippen molar-refractivity contribution >= 4 is 5.78 Å². The summed E-state index contributed by atoms with van der Waals surface area (Å²) in [6.45, 7) is 2.14. The normalized spacial score (nSPS) is 9.54. The van der Waals surface area contributed by atoms with Crippen molar-refractivity contribution in [3.8, 4) is 6.07 Å². The van der Waals surface area contributed by atoms with Crippen LogP contribution in [0.1, 0.15) is 58.3 Å². The van der Waals surface area contributed by atoms with Gasteiger partial charge in [0.05, 0.1) is 6.07 Å². The van der Waals surface area contributed by atoms with E-state index in [1.54, 1.807) is 0 Å². The largest absolute Gasteiger partial charge is 0.300 e. The fourth-order valence-corrected chi connectivity index (χ4v) is 1.22. The number of hydrogen-bond acceptors (Lipinski definition) is 2. The molecule has 0 N–H and O–H groups in total. The van der Waals surface area contributed by atoms with Crippen molar-refractivity contribution in [2.75, 3.05) is 0 Å². The fourth-order valence-electron chi connectivity index (χ4n) is 1.22. The number of hydrogen-bond donors (Lipinski definition) is 0. The Morgan fingerprint density at radius 2 is 1.77 bits per heavy atom. The molecule has 0 aliphatic heterocycles. The number of ketones is 1. The zero-order valence-corrected chi connectivity index (χ0v) is 8.51. The Morgan fingerprint density at radius 3 is 2.31 bits per heavy atom. The van der Waals surface area contributed by atoms with E-state index in [2.05, 4.69) is 13.0 Å². The molecule has 0 radical (unpaired) electrons. The quantitative estimate of drug-likeness (QED) is 0.539. The minimum absolute atomic E-state index is 0.367. The van der Waals surface area contributed by atoms with Gasteiger partial charge in [-0.3, -0.25) is 4.79 Å². The van der Waals surface area contributed by atoms with Crippen LogP contribution in [0.25, 0.3) is 0 Å². The third-order valence-electron chi connectivity index (χ3n) is 2.05. The fraction of sp³-hybridized carbons (Fsp3) is 0.818. The summed E-state index contributed by atoms with van der Waals surface area (Å²) in [7, 11) is 0. The van der Waals surface area contributed by atoms with Gasteiger partial charge in [-0.2, -0.15) is 5.26 Å². The highest BCUT2D eigenvalue weighted by Gasteiger charge is 2.00. The van der Waals surface area contributed by atoms with Crippen LogP contribution in [0.3, 0.4) is 0 Å². The molecule has 0 saturated carbocycles. The van der Waals surface area contributed by atoms with E-state index in [1.165, 1.54) is 6.42 Å².